The first-order valence-corrected chi connectivity index (χ1v) is 6.75. The van der Waals surface area contributed by atoms with Crippen LogP contribution in [-0.4, -0.2) is 40.4 Å². The first kappa shape index (κ1) is 20.0. The average Bonchev–Trinajstić information content (AvgIpc) is 2.02. The first-order valence-electron chi connectivity index (χ1n) is 2.97. The highest BCUT2D eigenvalue weighted by atomic mass is 32.3. The van der Waals surface area contributed by atoms with Gasteiger partial charge >= 0.3 is 0 Å². The van der Waals surface area contributed by atoms with Crippen LogP contribution in [0.2, 0.25) is 0 Å². The third-order valence-electron chi connectivity index (χ3n) is 0.440. The van der Waals surface area contributed by atoms with Crippen LogP contribution in [0.15, 0.2) is 0 Å². The molecular weight excluding hydrogens is 264 g/mol. The Morgan fingerprint density at radius 2 is 1.13 bits per heavy atom. The Balaban J connectivity index is -0.000000144. The molecule has 0 heterocycles. The van der Waals surface area contributed by atoms with Crippen molar-refractivity contribution in [2.75, 3.05) is 12.5 Å². The van der Waals surface area contributed by atoms with Crippen molar-refractivity contribution >= 4 is 44.3 Å². The second kappa shape index (κ2) is 11.6. The van der Waals surface area contributed by atoms with Gasteiger partial charge in [0, 0.05) is 10.4 Å². The third kappa shape index (κ3) is 145. The number of rotatable bonds is 0. The fourth-order valence-electron chi connectivity index (χ4n) is 0. The van der Waals surface area contributed by atoms with Crippen LogP contribution in [0.4, 0.5) is 0 Å². The summed E-state index contributed by atoms with van der Waals surface area (Å²) in [6, 6.07) is 0. The summed E-state index contributed by atoms with van der Waals surface area (Å²) >= 11 is 2.48. The molecule has 11 heteroatoms. The van der Waals surface area contributed by atoms with Crippen LogP contribution < -0.4 is 11.5 Å². The van der Waals surface area contributed by atoms with Gasteiger partial charge in [0.15, 0.2) is 10.3 Å². The Kier molecular flexibility index (Phi) is 15.4. The Hall–Kier alpha value is -0.490. The minimum absolute atomic E-state index is 0.171. The molecule has 6 N–H and O–H groups in total. The minimum atomic E-state index is -5.17. The van der Waals surface area contributed by atoms with Crippen LogP contribution in [0.3, 0.4) is 0 Å². The third-order valence-corrected chi connectivity index (χ3v) is 1.32. The fraction of sp³-hybridized carbons (Fsp3) is 0.500. The maximum Gasteiger partial charge on any atom is 0.150 e. The van der Waals surface area contributed by atoms with E-state index in [0.29, 0.717) is 0 Å². The van der Waals surface area contributed by atoms with Crippen LogP contribution in [-0.2, 0) is 10.4 Å². The van der Waals surface area contributed by atoms with E-state index >= 15 is 0 Å². The average molecular weight is 276 g/mol. The highest BCUT2D eigenvalue weighted by Gasteiger charge is 1.71. The van der Waals surface area contributed by atoms with E-state index in [9.17, 15) is 0 Å². The normalized spacial score (nSPS) is 8.80. The molecule has 92 valence electrons. The number of nitrogens with one attached hydrogen (secondary N) is 2. The van der Waals surface area contributed by atoms with Crippen LogP contribution >= 0.6 is 23.5 Å². The molecule has 0 saturated heterocycles. The highest BCUT2D eigenvalue weighted by Crippen LogP contribution is 1.83. The monoisotopic (exact) mass is 276 g/mol. The van der Waals surface area contributed by atoms with Crippen molar-refractivity contribution in [1.29, 1.82) is 10.8 Å². The van der Waals surface area contributed by atoms with Crippen molar-refractivity contribution in [1.82, 2.24) is 0 Å². The van der Waals surface area contributed by atoms with Gasteiger partial charge in [-0.25, -0.2) is 0 Å². The van der Waals surface area contributed by atoms with Crippen LogP contribution in [0.5, 0.6) is 0 Å². The van der Waals surface area contributed by atoms with Gasteiger partial charge in [0.2, 0.25) is 0 Å². The number of amidine groups is 2. The van der Waals surface area contributed by atoms with E-state index in [-0.39, 0.29) is 10.3 Å². The summed E-state index contributed by atoms with van der Waals surface area (Å²) in [5.41, 5.74) is 9.68. The Labute approximate surface area is 96.8 Å². The molecule has 0 rings (SSSR count). The molecule has 0 saturated carbocycles. The summed E-state index contributed by atoms with van der Waals surface area (Å²) in [6.45, 7) is 0. The molecule has 0 spiro atoms. The van der Waals surface area contributed by atoms with Crippen molar-refractivity contribution in [3.05, 3.63) is 0 Å². The number of nitrogens with two attached hydrogens (primary N) is 2. The molecule has 15 heavy (non-hydrogen) atoms. The van der Waals surface area contributed by atoms with Gasteiger partial charge in [-0.2, -0.15) is 0 Å². The van der Waals surface area contributed by atoms with Gasteiger partial charge in [0.05, 0.1) is 0 Å². The van der Waals surface area contributed by atoms with E-state index in [1.807, 2.05) is 0 Å². The smallest absolute Gasteiger partial charge is 0.150 e. The molecule has 0 unspecified atom stereocenters. The van der Waals surface area contributed by atoms with Crippen LogP contribution in [0.25, 0.3) is 0 Å². The lowest BCUT2D eigenvalue weighted by Crippen LogP contribution is -2.01. The molecule has 0 amide bonds. The molecule has 0 atom stereocenters. The van der Waals surface area contributed by atoms with E-state index < -0.39 is 10.4 Å². The molecule has 0 aromatic heterocycles. The summed E-state index contributed by atoms with van der Waals surface area (Å²) < 4.78 is 34.1. The van der Waals surface area contributed by atoms with Crippen molar-refractivity contribution in [3.63, 3.8) is 0 Å². The molecule has 0 radical (unpaired) electrons. The molecule has 0 aliphatic heterocycles. The standard InChI is InChI=1S/2C2H6N2S.H2O4S/c2*1-5-2(3)4;1-5(2,3)4/h2*1H3,(H3,3,4);(H2,1,2,3,4)/p-2. The molecule has 0 fully saturated rings. The lowest BCUT2D eigenvalue weighted by Gasteiger charge is -2.06. The number of hydrogen-bond donors (Lipinski definition) is 4. The second-order valence-electron chi connectivity index (χ2n) is 1.54. The zero-order valence-corrected chi connectivity index (χ0v) is 10.5. The quantitative estimate of drug-likeness (QED) is 0.191. The zero-order valence-electron chi connectivity index (χ0n) is 8.01. The van der Waals surface area contributed by atoms with Gasteiger partial charge < -0.3 is 20.6 Å². The molecular formula is C4H12N4O4S3-2. The van der Waals surface area contributed by atoms with E-state index in [0.717, 1.165) is 0 Å². The zero-order chi connectivity index (χ0) is 13.1. The fourth-order valence-corrected chi connectivity index (χ4v) is 0. The van der Waals surface area contributed by atoms with Gasteiger partial charge in [0.1, 0.15) is 0 Å². The lowest BCUT2D eigenvalue weighted by molar-refractivity contribution is 0.352. The summed E-state index contributed by atoms with van der Waals surface area (Å²) in [5.74, 6) is 0. The van der Waals surface area contributed by atoms with Crippen molar-refractivity contribution in [2.24, 2.45) is 11.5 Å². The van der Waals surface area contributed by atoms with E-state index in [4.69, 9.17) is 39.8 Å². The number of hydrogen-bond acceptors (Lipinski definition) is 8. The Morgan fingerprint density at radius 1 is 1.07 bits per heavy atom. The van der Waals surface area contributed by atoms with Gasteiger partial charge in [-0.3, -0.25) is 19.2 Å². The van der Waals surface area contributed by atoms with Gasteiger partial charge in [0.25, 0.3) is 0 Å². The predicted molar refractivity (Wildman–Crippen MR) is 61.3 cm³/mol. The summed E-state index contributed by atoms with van der Waals surface area (Å²) in [4.78, 5) is 0. The van der Waals surface area contributed by atoms with Crippen LogP contribution in [0, 0.1) is 10.8 Å². The maximum atomic E-state index is 8.52. The summed E-state index contributed by atoms with van der Waals surface area (Å²) in [7, 11) is -5.17. The number of thioether (sulfide) groups is 2. The maximum absolute atomic E-state index is 8.52. The lowest BCUT2D eigenvalue weighted by atomic mass is 11.4. The second-order valence-corrected chi connectivity index (χ2v) is 4.06. The van der Waals surface area contributed by atoms with Gasteiger partial charge in [-0.1, -0.05) is 23.5 Å². The Morgan fingerprint density at radius 3 is 1.13 bits per heavy atom. The van der Waals surface area contributed by atoms with Gasteiger partial charge in [-0.05, 0) is 12.5 Å². The molecule has 0 aliphatic carbocycles. The van der Waals surface area contributed by atoms with Crippen molar-refractivity contribution < 1.29 is 17.5 Å². The molecule has 8 nitrogen and oxygen atoms in total. The van der Waals surface area contributed by atoms with Crippen molar-refractivity contribution in [2.45, 2.75) is 0 Å². The van der Waals surface area contributed by atoms with E-state index in [2.05, 4.69) is 0 Å². The first-order chi connectivity index (χ1) is 6.54. The van der Waals surface area contributed by atoms with Crippen LogP contribution in [0.1, 0.15) is 0 Å². The van der Waals surface area contributed by atoms with E-state index in [1.54, 1.807) is 12.5 Å². The van der Waals surface area contributed by atoms with Crippen molar-refractivity contribution in [3.8, 4) is 0 Å². The SMILES string of the molecule is CSC(=N)N.CSC(=N)N.O=S(=O)([O-])[O-]. The molecule has 0 aromatic carbocycles. The molecule has 0 bridgehead atoms. The minimum Gasteiger partial charge on any atom is -0.759 e. The van der Waals surface area contributed by atoms with Gasteiger partial charge in [-0.15, -0.1) is 0 Å². The topological polar surface area (TPSA) is 180 Å². The summed E-state index contributed by atoms with van der Waals surface area (Å²) in [5, 5.41) is 13.3. The largest absolute Gasteiger partial charge is 0.759 e. The Bertz CT molecular complexity index is 256. The summed E-state index contributed by atoms with van der Waals surface area (Å²) in [6.07, 6.45) is 3.53. The van der Waals surface area contributed by atoms with E-state index in [1.165, 1.54) is 23.5 Å². The highest BCUT2D eigenvalue weighted by molar-refractivity contribution is 8.13. The molecule has 0 aromatic rings. The predicted octanol–water partition coefficient (Wildman–Crippen LogP) is -0.852. The molecule has 0 aliphatic rings.